The molecule has 0 N–H and O–H groups in total. The Morgan fingerprint density at radius 3 is 1.19 bits per heavy atom. The Morgan fingerprint density at radius 2 is 0.889 bits per heavy atom. The first-order valence-corrected chi connectivity index (χ1v) is 17.2. The minimum Gasteiger partial charge on any atom is -0.465 e. The first kappa shape index (κ1) is 35.6. The molecule has 0 aliphatic rings. The maximum absolute atomic E-state index is 13.6. The van der Waals surface area contributed by atoms with Crippen molar-refractivity contribution < 1.29 is 23.1 Å². The lowest BCUT2D eigenvalue weighted by Gasteiger charge is -2.25. The predicted molar refractivity (Wildman–Crippen MR) is 154 cm³/mol. The Kier molecular flexibility index (Phi) is 26.0. The molecule has 6 heteroatoms. The highest BCUT2D eigenvalue weighted by molar-refractivity contribution is 7.55. The average molecular weight is 533 g/mol. The van der Waals surface area contributed by atoms with Crippen LogP contribution >= 0.6 is 7.60 Å². The van der Waals surface area contributed by atoms with Gasteiger partial charge < -0.3 is 13.8 Å². The second-order valence-electron chi connectivity index (χ2n) is 10.2. The molecule has 0 bridgehead atoms. The van der Waals surface area contributed by atoms with Crippen LogP contribution in [-0.4, -0.2) is 31.4 Å². The minimum absolute atomic E-state index is 0.270. The topological polar surface area (TPSA) is 61.8 Å². The average Bonchev–Trinajstić information content (AvgIpc) is 2.86. The van der Waals surface area contributed by atoms with Gasteiger partial charge in [0.1, 0.15) is 0 Å². The fourth-order valence-corrected chi connectivity index (χ4v) is 6.52. The van der Waals surface area contributed by atoms with Gasteiger partial charge in [-0.05, 0) is 26.2 Å². The number of hydrogen-bond acceptors (Lipinski definition) is 5. The third kappa shape index (κ3) is 19.7. The van der Waals surface area contributed by atoms with Crippen molar-refractivity contribution in [3.8, 4) is 0 Å². The van der Waals surface area contributed by atoms with Gasteiger partial charge in [0.2, 0.25) is 0 Å². The third-order valence-electron chi connectivity index (χ3n) is 6.87. The predicted octanol–water partition coefficient (Wildman–Crippen LogP) is 10.4. The summed E-state index contributed by atoms with van der Waals surface area (Å²) in [5.41, 5.74) is -0.830. The van der Waals surface area contributed by atoms with Crippen LogP contribution < -0.4 is 0 Å². The van der Waals surface area contributed by atoms with Crippen molar-refractivity contribution in [3.63, 3.8) is 0 Å². The molecule has 36 heavy (non-hydrogen) atoms. The van der Waals surface area contributed by atoms with Gasteiger partial charge in [-0.15, -0.1) is 0 Å². The Hall–Kier alpha value is -0.380. The quantitative estimate of drug-likeness (QED) is 0.0569. The van der Waals surface area contributed by atoms with Crippen molar-refractivity contribution in [1.82, 2.24) is 0 Å². The van der Waals surface area contributed by atoms with Crippen molar-refractivity contribution in [2.24, 2.45) is 0 Å². The smallest absolute Gasteiger partial charge is 0.344 e. The van der Waals surface area contributed by atoms with Gasteiger partial charge >= 0.3 is 13.6 Å². The molecule has 0 aromatic rings. The van der Waals surface area contributed by atoms with E-state index in [9.17, 15) is 9.36 Å². The van der Waals surface area contributed by atoms with Crippen LogP contribution in [0.1, 0.15) is 163 Å². The monoisotopic (exact) mass is 532 g/mol. The van der Waals surface area contributed by atoms with Gasteiger partial charge in [0.15, 0.2) is 5.66 Å². The fraction of sp³-hybridized carbons (Fsp3) is 0.967. The van der Waals surface area contributed by atoms with Gasteiger partial charge in [0.25, 0.3) is 0 Å². The lowest BCUT2D eigenvalue weighted by molar-refractivity contribution is -0.143. The number of rotatable bonds is 28. The van der Waals surface area contributed by atoms with E-state index in [0.717, 1.165) is 25.7 Å². The summed E-state index contributed by atoms with van der Waals surface area (Å²) in [4.78, 5) is 12.5. The Balaban J connectivity index is 4.28. The van der Waals surface area contributed by atoms with Crippen LogP contribution in [-0.2, 0) is 23.1 Å². The fourth-order valence-electron chi connectivity index (χ4n) is 4.54. The number of carbonyl (C=O) groups is 1. The second kappa shape index (κ2) is 26.2. The maximum atomic E-state index is 13.6. The van der Waals surface area contributed by atoms with Crippen LogP contribution in [0, 0.1) is 0 Å². The van der Waals surface area contributed by atoms with Gasteiger partial charge in [0, 0.05) is 0 Å². The molecule has 0 radical (unpaired) electrons. The van der Waals surface area contributed by atoms with E-state index in [0.29, 0.717) is 19.6 Å². The summed E-state index contributed by atoms with van der Waals surface area (Å²) in [5.74, 6) is -0.463. The lowest BCUT2D eigenvalue weighted by Crippen LogP contribution is -2.25. The van der Waals surface area contributed by atoms with Gasteiger partial charge in [0.05, 0.1) is 19.8 Å². The SMILES string of the molecule is CCCCCCCCCCCCOP(=O)(OCCCCCCCCCCCC)C(CC)C(=O)OCC. The molecule has 0 rings (SSSR count). The van der Waals surface area contributed by atoms with E-state index in [1.165, 1.54) is 103 Å². The molecule has 1 atom stereocenters. The molecular weight excluding hydrogens is 471 g/mol. The van der Waals surface area contributed by atoms with E-state index in [1.807, 2.05) is 6.92 Å². The largest absolute Gasteiger partial charge is 0.465 e. The highest BCUT2D eigenvalue weighted by Crippen LogP contribution is 2.55. The van der Waals surface area contributed by atoms with Crippen molar-refractivity contribution in [2.45, 2.75) is 168 Å². The van der Waals surface area contributed by atoms with Gasteiger partial charge in [-0.1, -0.05) is 136 Å². The molecule has 0 amide bonds. The standard InChI is InChI=1S/C30H61O5P/c1-5-9-11-13-15-17-19-21-23-25-27-34-36(32,29(7-3)30(31)33-8-4)35-28-26-24-22-20-18-16-14-12-10-6-2/h29H,5-28H2,1-4H3. The van der Waals surface area contributed by atoms with E-state index < -0.39 is 19.2 Å². The highest BCUT2D eigenvalue weighted by atomic mass is 31.2. The van der Waals surface area contributed by atoms with Gasteiger partial charge in [-0.2, -0.15) is 0 Å². The van der Waals surface area contributed by atoms with Crippen LogP contribution in [0.5, 0.6) is 0 Å². The summed E-state index contributed by atoms with van der Waals surface area (Å²) in [5, 5.41) is 0. The first-order chi connectivity index (χ1) is 17.6. The summed E-state index contributed by atoms with van der Waals surface area (Å²) in [6.45, 7) is 9.14. The second-order valence-corrected chi connectivity index (χ2v) is 12.5. The Morgan fingerprint density at radius 1 is 0.556 bits per heavy atom. The van der Waals surface area contributed by atoms with Crippen molar-refractivity contribution in [3.05, 3.63) is 0 Å². The Bertz CT molecular complexity index is 495. The van der Waals surface area contributed by atoms with E-state index in [-0.39, 0.29) is 6.61 Å². The van der Waals surface area contributed by atoms with Crippen LogP contribution in [0.2, 0.25) is 0 Å². The first-order valence-electron chi connectivity index (χ1n) is 15.6. The van der Waals surface area contributed by atoms with Crippen LogP contribution in [0.3, 0.4) is 0 Å². The summed E-state index contributed by atoms with van der Waals surface area (Å²) in [6.07, 6.45) is 25.0. The van der Waals surface area contributed by atoms with Crippen molar-refractivity contribution in [1.29, 1.82) is 0 Å². The Labute approximate surface area is 224 Å². The number of ether oxygens (including phenoxy) is 1. The highest BCUT2D eigenvalue weighted by Gasteiger charge is 2.41. The molecule has 0 spiro atoms. The lowest BCUT2D eigenvalue weighted by atomic mass is 10.1. The van der Waals surface area contributed by atoms with Crippen LogP contribution in [0.25, 0.3) is 0 Å². The zero-order valence-corrected chi connectivity index (χ0v) is 25.4. The molecule has 0 aromatic carbocycles. The molecule has 0 fully saturated rings. The minimum atomic E-state index is -3.54. The van der Waals surface area contributed by atoms with Gasteiger partial charge in [-0.25, -0.2) is 0 Å². The normalized spacial score (nSPS) is 12.7. The molecule has 0 saturated carbocycles. The van der Waals surface area contributed by atoms with E-state index in [2.05, 4.69) is 13.8 Å². The molecule has 1 unspecified atom stereocenters. The molecule has 216 valence electrons. The van der Waals surface area contributed by atoms with Crippen LogP contribution in [0.15, 0.2) is 0 Å². The molecule has 0 aromatic heterocycles. The molecule has 0 aliphatic heterocycles. The zero-order chi connectivity index (χ0) is 26.7. The zero-order valence-electron chi connectivity index (χ0n) is 24.5. The molecule has 0 aliphatic carbocycles. The summed E-state index contributed by atoms with van der Waals surface area (Å²) in [7, 11) is -3.54. The molecule has 5 nitrogen and oxygen atoms in total. The molecular formula is C30H61O5P. The van der Waals surface area contributed by atoms with E-state index in [4.69, 9.17) is 13.8 Å². The van der Waals surface area contributed by atoms with Gasteiger partial charge in [-0.3, -0.25) is 9.36 Å². The van der Waals surface area contributed by atoms with E-state index in [1.54, 1.807) is 6.92 Å². The van der Waals surface area contributed by atoms with Crippen LogP contribution in [0.4, 0.5) is 0 Å². The van der Waals surface area contributed by atoms with Crippen molar-refractivity contribution >= 4 is 13.6 Å². The molecule has 0 saturated heterocycles. The molecule has 0 heterocycles. The number of unbranched alkanes of at least 4 members (excludes halogenated alkanes) is 18. The third-order valence-corrected chi connectivity index (χ3v) is 9.29. The number of esters is 1. The summed E-state index contributed by atoms with van der Waals surface area (Å²) < 4.78 is 30.5. The van der Waals surface area contributed by atoms with E-state index >= 15 is 0 Å². The summed E-state index contributed by atoms with van der Waals surface area (Å²) in [6, 6.07) is 0. The maximum Gasteiger partial charge on any atom is 0.344 e. The number of hydrogen-bond donors (Lipinski definition) is 0. The summed E-state index contributed by atoms with van der Waals surface area (Å²) >= 11 is 0. The van der Waals surface area contributed by atoms with Crippen molar-refractivity contribution in [2.75, 3.05) is 19.8 Å². The number of carbonyl (C=O) groups excluding carboxylic acids is 1.